The van der Waals surface area contributed by atoms with Gasteiger partial charge in [0.05, 0.1) is 14.2 Å². The number of benzene rings is 3. The van der Waals surface area contributed by atoms with Crippen LogP contribution in [-0.2, 0) is 17.6 Å². The van der Waals surface area contributed by atoms with Crippen LogP contribution < -0.4 is 19.9 Å². The van der Waals surface area contributed by atoms with Crippen LogP contribution in [0.1, 0.15) is 40.8 Å². The summed E-state index contributed by atoms with van der Waals surface area (Å²) in [6.07, 6.45) is -3.13. The molecule has 0 saturated heterocycles. The van der Waals surface area contributed by atoms with Crippen molar-refractivity contribution in [3.63, 3.8) is 0 Å². The average molecular weight is 515 g/mol. The Morgan fingerprint density at radius 1 is 1.03 bits per heavy atom. The highest BCUT2D eigenvalue weighted by Gasteiger charge is 2.36. The molecular formula is C28H29F3N2O4. The molecule has 9 heteroatoms. The van der Waals surface area contributed by atoms with Crippen LogP contribution in [0.5, 0.6) is 17.2 Å². The fraction of sp³-hybridized carbons (Fsp3) is 0.321. The van der Waals surface area contributed by atoms with Crippen molar-refractivity contribution >= 4 is 5.91 Å². The summed E-state index contributed by atoms with van der Waals surface area (Å²) in [6.45, 7) is 0.562. The Labute approximate surface area is 213 Å². The first kappa shape index (κ1) is 26.3. The molecule has 1 heterocycles. The second kappa shape index (κ2) is 11.1. The second-order valence-corrected chi connectivity index (χ2v) is 8.86. The molecule has 3 aromatic carbocycles. The Morgan fingerprint density at radius 3 is 2.38 bits per heavy atom. The summed E-state index contributed by atoms with van der Waals surface area (Å²) in [5.74, 6) is 0.432. The van der Waals surface area contributed by atoms with E-state index in [1.165, 1.54) is 18.2 Å². The van der Waals surface area contributed by atoms with Crippen LogP contribution in [0.2, 0.25) is 0 Å². The molecule has 0 aliphatic carbocycles. The predicted octanol–water partition coefficient (Wildman–Crippen LogP) is 5.36. The van der Waals surface area contributed by atoms with Crippen molar-refractivity contribution < 1.29 is 32.2 Å². The van der Waals surface area contributed by atoms with Gasteiger partial charge in [0.25, 0.3) is 0 Å². The molecule has 6 nitrogen and oxygen atoms in total. The molecule has 3 aromatic rings. The Morgan fingerprint density at radius 2 is 1.73 bits per heavy atom. The molecule has 0 aromatic heterocycles. The van der Waals surface area contributed by atoms with Crippen LogP contribution in [0.15, 0.2) is 66.7 Å². The number of amides is 1. The zero-order chi connectivity index (χ0) is 26.6. The number of hydrogen-bond donors (Lipinski definition) is 1. The zero-order valence-corrected chi connectivity index (χ0v) is 20.6. The smallest absolute Gasteiger partial charge is 0.493 e. The Balaban J connectivity index is 1.71. The van der Waals surface area contributed by atoms with Crippen LogP contribution in [0.4, 0.5) is 13.2 Å². The minimum Gasteiger partial charge on any atom is -0.493 e. The maximum atomic E-state index is 12.7. The maximum absolute atomic E-state index is 12.7. The summed E-state index contributed by atoms with van der Waals surface area (Å²) in [7, 11) is 3.13. The van der Waals surface area contributed by atoms with Gasteiger partial charge in [-0.2, -0.15) is 0 Å². The number of carbonyl (C=O) groups excluding carboxylic acids is 1. The van der Waals surface area contributed by atoms with Crippen molar-refractivity contribution in [1.29, 1.82) is 0 Å². The van der Waals surface area contributed by atoms with Crippen molar-refractivity contribution in [1.82, 2.24) is 4.90 Å². The molecule has 4 rings (SSSR count). The highest BCUT2D eigenvalue weighted by molar-refractivity contribution is 5.81. The third-order valence-electron chi connectivity index (χ3n) is 6.60. The van der Waals surface area contributed by atoms with Crippen LogP contribution in [0, 0.1) is 0 Å². The van der Waals surface area contributed by atoms with Crippen molar-refractivity contribution in [2.45, 2.75) is 37.7 Å². The fourth-order valence-electron chi connectivity index (χ4n) is 5.03. The molecule has 1 amide bonds. The lowest BCUT2D eigenvalue weighted by Gasteiger charge is -2.41. The number of nitrogens with zero attached hydrogens (tertiary/aromatic N) is 1. The van der Waals surface area contributed by atoms with Gasteiger partial charge in [-0.15, -0.1) is 13.2 Å². The summed E-state index contributed by atoms with van der Waals surface area (Å²) >= 11 is 0. The van der Waals surface area contributed by atoms with E-state index >= 15 is 0 Å². The first-order valence-electron chi connectivity index (χ1n) is 11.9. The highest BCUT2D eigenvalue weighted by Crippen LogP contribution is 2.43. The standard InChI is InChI=1S/C28H29F3N2O4/c1-35-24-16-20-13-14-33(26(27(32)34)19-8-4-3-5-9-19)23(22(20)17-25(24)36-2)12-11-18-7-6-10-21(15-18)37-28(29,30)31/h3-10,15-17,23,26H,11-14H2,1-2H3,(H2,32,34)/t23?,26-/m1/s1. The van der Waals surface area contributed by atoms with Crippen molar-refractivity contribution in [2.75, 3.05) is 20.8 Å². The van der Waals surface area contributed by atoms with Gasteiger partial charge in [0.2, 0.25) is 5.91 Å². The van der Waals surface area contributed by atoms with Gasteiger partial charge in [-0.05, 0) is 65.8 Å². The largest absolute Gasteiger partial charge is 0.573 e. The number of alkyl halides is 3. The number of methoxy groups -OCH3 is 2. The van der Waals surface area contributed by atoms with E-state index < -0.39 is 18.3 Å². The van der Waals surface area contributed by atoms with Crippen LogP contribution in [0.25, 0.3) is 0 Å². The molecule has 196 valence electrons. The summed E-state index contributed by atoms with van der Waals surface area (Å²) in [5, 5.41) is 0. The van der Waals surface area contributed by atoms with Crippen molar-refractivity contribution in [2.24, 2.45) is 5.73 Å². The van der Waals surface area contributed by atoms with Crippen molar-refractivity contribution in [3.05, 3.63) is 89.0 Å². The van der Waals surface area contributed by atoms with E-state index in [4.69, 9.17) is 15.2 Å². The molecule has 1 aliphatic rings. The summed E-state index contributed by atoms with van der Waals surface area (Å²) in [5.41, 5.74) is 9.41. The van der Waals surface area contributed by atoms with Gasteiger partial charge in [-0.25, -0.2) is 0 Å². The Kier molecular flexibility index (Phi) is 7.92. The molecule has 1 unspecified atom stereocenters. The molecule has 0 radical (unpaired) electrons. The minimum absolute atomic E-state index is 0.256. The quantitative estimate of drug-likeness (QED) is 0.416. The molecule has 2 N–H and O–H groups in total. The van der Waals surface area contributed by atoms with Gasteiger partial charge in [0.15, 0.2) is 11.5 Å². The molecule has 0 fully saturated rings. The van der Waals surface area contributed by atoms with Gasteiger partial charge in [0.1, 0.15) is 11.8 Å². The third kappa shape index (κ3) is 6.17. The molecule has 1 aliphatic heterocycles. The first-order chi connectivity index (χ1) is 17.7. The maximum Gasteiger partial charge on any atom is 0.573 e. The lowest BCUT2D eigenvalue weighted by Crippen LogP contribution is -2.44. The van der Waals surface area contributed by atoms with E-state index in [0.717, 1.165) is 16.7 Å². The number of aryl methyl sites for hydroxylation is 1. The predicted molar refractivity (Wildman–Crippen MR) is 133 cm³/mol. The van der Waals surface area contributed by atoms with Crippen molar-refractivity contribution in [3.8, 4) is 17.2 Å². The van der Waals surface area contributed by atoms with Gasteiger partial charge < -0.3 is 19.9 Å². The van der Waals surface area contributed by atoms with E-state index in [1.54, 1.807) is 20.3 Å². The van der Waals surface area contributed by atoms with E-state index in [9.17, 15) is 18.0 Å². The highest BCUT2D eigenvalue weighted by atomic mass is 19.4. The van der Waals surface area contributed by atoms with Crippen LogP contribution in [0.3, 0.4) is 0 Å². The van der Waals surface area contributed by atoms with Gasteiger partial charge in [0, 0.05) is 12.6 Å². The Bertz CT molecular complexity index is 1230. The van der Waals surface area contributed by atoms with E-state index in [0.29, 0.717) is 42.9 Å². The monoisotopic (exact) mass is 514 g/mol. The van der Waals surface area contributed by atoms with E-state index in [-0.39, 0.29) is 11.8 Å². The summed E-state index contributed by atoms with van der Waals surface area (Å²) < 4.78 is 53.3. The summed E-state index contributed by atoms with van der Waals surface area (Å²) in [6, 6.07) is 18.2. The molecule has 0 spiro atoms. The number of ether oxygens (including phenoxy) is 3. The fourth-order valence-corrected chi connectivity index (χ4v) is 5.03. The third-order valence-corrected chi connectivity index (χ3v) is 6.60. The van der Waals surface area contributed by atoms with Crippen LogP contribution in [-0.4, -0.2) is 37.9 Å². The topological polar surface area (TPSA) is 74.0 Å². The number of primary amides is 1. The van der Waals surface area contributed by atoms with E-state index in [1.807, 2.05) is 42.5 Å². The summed E-state index contributed by atoms with van der Waals surface area (Å²) in [4.78, 5) is 14.8. The first-order valence-corrected chi connectivity index (χ1v) is 11.9. The van der Waals surface area contributed by atoms with Gasteiger partial charge >= 0.3 is 6.36 Å². The number of nitrogens with two attached hydrogens (primary N) is 1. The molecule has 0 bridgehead atoms. The molecular weight excluding hydrogens is 485 g/mol. The second-order valence-electron chi connectivity index (χ2n) is 8.86. The van der Waals surface area contributed by atoms with Gasteiger partial charge in [-0.3, -0.25) is 9.69 Å². The van der Waals surface area contributed by atoms with E-state index in [2.05, 4.69) is 9.64 Å². The molecule has 37 heavy (non-hydrogen) atoms. The number of hydrogen-bond acceptors (Lipinski definition) is 5. The Hall–Kier alpha value is -3.72. The average Bonchev–Trinajstić information content (AvgIpc) is 2.86. The normalized spacial score (nSPS) is 16.5. The van der Waals surface area contributed by atoms with Crippen LogP contribution >= 0.6 is 0 Å². The lowest BCUT2D eigenvalue weighted by atomic mass is 9.86. The number of fused-ring (bicyclic) bond motifs is 1. The zero-order valence-electron chi connectivity index (χ0n) is 20.6. The molecule has 0 saturated carbocycles. The number of carbonyl (C=O) groups is 1. The molecule has 2 atom stereocenters. The number of rotatable bonds is 9. The SMILES string of the molecule is COc1cc2c(cc1OC)C(CCc1cccc(OC(F)(F)F)c1)N([C@@H](C(N)=O)c1ccccc1)CC2. The number of halogens is 3. The van der Waals surface area contributed by atoms with Gasteiger partial charge in [-0.1, -0.05) is 42.5 Å². The minimum atomic E-state index is -4.77. The lowest BCUT2D eigenvalue weighted by molar-refractivity contribution is -0.274.